The van der Waals surface area contributed by atoms with Gasteiger partial charge in [0, 0.05) is 0 Å². The molecule has 1 nitrogen and oxygen atoms in total. The molecule has 1 aromatic rings. The first-order chi connectivity index (χ1) is 10.2. The molecule has 1 aromatic carbocycles. The van der Waals surface area contributed by atoms with Gasteiger partial charge in [-0.05, 0) is 73.5 Å². The second kappa shape index (κ2) is 6.18. The molecule has 0 N–H and O–H groups in total. The van der Waals surface area contributed by atoms with Crippen LogP contribution in [0.15, 0.2) is 18.2 Å². The first-order valence-corrected chi connectivity index (χ1v) is 8.40. The first kappa shape index (κ1) is 14.6. The molecule has 2 fully saturated rings. The summed E-state index contributed by atoms with van der Waals surface area (Å²) in [6, 6.07) is 7.11. The highest BCUT2D eigenvalue weighted by atomic mass is 19.1. The standard InChI is InChI=1S/C19H24FN/c1-2-13-3-4-15-10-16(6-5-14(15)9-13)17-7-8-18(12-21)19(20)11-17/h7-8,11,13-16H,2-6,9-10H2,1H3/t13-,14-,15-,16-/m1/s1. The fourth-order valence-corrected chi connectivity index (χ4v) is 4.54. The van der Waals surface area contributed by atoms with Gasteiger partial charge in [-0.3, -0.25) is 0 Å². The molecule has 0 radical (unpaired) electrons. The molecule has 0 spiro atoms. The molecule has 0 aliphatic heterocycles. The van der Waals surface area contributed by atoms with Crippen molar-refractivity contribution in [2.75, 3.05) is 0 Å². The van der Waals surface area contributed by atoms with Gasteiger partial charge in [0.1, 0.15) is 11.9 Å². The van der Waals surface area contributed by atoms with Crippen LogP contribution in [0.1, 0.15) is 68.9 Å². The monoisotopic (exact) mass is 285 g/mol. The maximum absolute atomic E-state index is 13.8. The third kappa shape index (κ3) is 2.98. The van der Waals surface area contributed by atoms with E-state index in [9.17, 15) is 4.39 Å². The van der Waals surface area contributed by atoms with Gasteiger partial charge in [-0.2, -0.15) is 5.26 Å². The summed E-state index contributed by atoms with van der Waals surface area (Å²) in [5.41, 5.74) is 1.26. The lowest BCUT2D eigenvalue weighted by atomic mass is 9.63. The van der Waals surface area contributed by atoms with Crippen LogP contribution in [0.5, 0.6) is 0 Å². The molecule has 21 heavy (non-hydrogen) atoms. The van der Waals surface area contributed by atoms with Crippen molar-refractivity contribution in [1.29, 1.82) is 5.26 Å². The molecule has 0 amide bonds. The molecule has 4 atom stereocenters. The van der Waals surface area contributed by atoms with Crippen LogP contribution in [0.2, 0.25) is 0 Å². The van der Waals surface area contributed by atoms with E-state index in [0.717, 1.165) is 23.3 Å². The van der Waals surface area contributed by atoms with Crippen molar-refractivity contribution in [2.45, 2.75) is 57.8 Å². The summed E-state index contributed by atoms with van der Waals surface area (Å²) in [4.78, 5) is 0. The van der Waals surface area contributed by atoms with Crippen LogP contribution < -0.4 is 0 Å². The Kier molecular flexibility index (Phi) is 4.29. The third-order valence-electron chi connectivity index (χ3n) is 5.88. The van der Waals surface area contributed by atoms with Gasteiger partial charge in [-0.25, -0.2) is 4.39 Å². The lowest BCUT2D eigenvalue weighted by molar-refractivity contribution is 0.116. The SMILES string of the molecule is CC[C@@H]1CC[C@@H]2C[C@H](c3ccc(C#N)c(F)c3)CC[C@@H]2C1. The van der Waals surface area contributed by atoms with Gasteiger partial charge >= 0.3 is 0 Å². The molecule has 2 saturated carbocycles. The Labute approximate surface area is 127 Å². The van der Waals surface area contributed by atoms with Crippen molar-refractivity contribution in [3.63, 3.8) is 0 Å². The summed E-state index contributed by atoms with van der Waals surface area (Å²) in [7, 11) is 0. The number of nitrogens with zero attached hydrogens (tertiary/aromatic N) is 1. The summed E-state index contributed by atoms with van der Waals surface area (Å²) in [5.74, 6) is 2.82. The highest BCUT2D eigenvalue weighted by molar-refractivity contribution is 5.35. The molecule has 2 heteroatoms. The predicted octanol–water partition coefficient (Wildman–Crippen LogP) is 5.41. The minimum absolute atomic E-state index is 0.163. The quantitative estimate of drug-likeness (QED) is 0.713. The maximum atomic E-state index is 13.8. The number of fused-ring (bicyclic) bond motifs is 1. The Morgan fingerprint density at radius 2 is 1.90 bits per heavy atom. The van der Waals surface area contributed by atoms with Crippen molar-refractivity contribution >= 4 is 0 Å². The molecule has 0 unspecified atom stereocenters. The number of nitriles is 1. The van der Waals surface area contributed by atoms with Gasteiger partial charge in [0.25, 0.3) is 0 Å². The average molecular weight is 285 g/mol. The smallest absolute Gasteiger partial charge is 0.141 e. The van der Waals surface area contributed by atoms with E-state index in [4.69, 9.17) is 5.26 Å². The average Bonchev–Trinajstić information content (AvgIpc) is 2.53. The number of hydrogen-bond acceptors (Lipinski definition) is 1. The van der Waals surface area contributed by atoms with E-state index in [-0.39, 0.29) is 11.4 Å². The van der Waals surface area contributed by atoms with Crippen LogP contribution in [-0.4, -0.2) is 0 Å². The topological polar surface area (TPSA) is 23.8 Å². The lowest BCUT2D eigenvalue weighted by Crippen LogP contribution is -2.30. The fraction of sp³-hybridized carbons (Fsp3) is 0.632. The molecular formula is C19H24FN. The number of benzene rings is 1. The van der Waals surface area contributed by atoms with Gasteiger partial charge in [-0.1, -0.05) is 25.8 Å². The molecule has 0 heterocycles. The zero-order chi connectivity index (χ0) is 14.8. The Bertz CT molecular complexity index is 545. The lowest BCUT2D eigenvalue weighted by Gasteiger charge is -2.42. The Hall–Kier alpha value is -1.36. The largest absolute Gasteiger partial charge is 0.206 e. The number of halogens is 1. The Balaban J connectivity index is 1.70. The molecule has 0 aromatic heterocycles. The third-order valence-corrected chi connectivity index (χ3v) is 5.88. The summed E-state index contributed by atoms with van der Waals surface area (Å²) in [5, 5.41) is 8.83. The van der Waals surface area contributed by atoms with E-state index < -0.39 is 0 Å². The molecule has 112 valence electrons. The number of rotatable bonds is 2. The zero-order valence-electron chi connectivity index (χ0n) is 12.8. The normalized spacial score (nSPS) is 32.2. The van der Waals surface area contributed by atoms with Crippen LogP contribution in [0, 0.1) is 34.9 Å². The van der Waals surface area contributed by atoms with Crippen LogP contribution in [0.4, 0.5) is 4.39 Å². The first-order valence-electron chi connectivity index (χ1n) is 8.40. The minimum atomic E-state index is -0.355. The zero-order valence-corrected chi connectivity index (χ0v) is 12.8. The fourth-order valence-electron chi connectivity index (χ4n) is 4.54. The van der Waals surface area contributed by atoms with Gasteiger partial charge in [0.2, 0.25) is 0 Å². The molecule has 2 aliphatic rings. The summed E-state index contributed by atoms with van der Waals surface area (Å²) in [6.07, 6.45) is 9.18. The van der Waals surface area contributed by atoms with Crippen LogP contribution in [0.3, 0.4) is 0 Å². The van der Waals surface area contributed by atoms with Crippen molar-refractivity contribution in [1.82, 2.24) is 0 Å². The van der Waals surface area contributed by atoms with Gasteiger partial charge < -0.3 is 0 Å². The molecule has 3 rings (SSSR count). The highest BCUT2D eigenvalue weighted by Gasteiger charge is 2.35. The van der Waals surface area contributed by atoms with E-state index in [0.29, 0.717) is 5.92 Å². The molecule has 0 saturated heterocycles. The molecule has 0 bridgehead atoms. The van der Waals surface area contributed by atoms with E-state index in [1.807, 2.05) is 12.1 Å². The van der Waals surface area contributed by atoms with Crippen LogP contribution in [0.25, 0.3) is 0 Å². The van der Waals surface area contributed by atoms with E-state index in [1.165, 1.54) is 44.9 Å². The van der Waals surface area contributed by atoms with Crippen molar-refractivity contribution < 1.29 is 4.39 Å². The summed E-state index contributed by atoms with van der Waals surface area (Å²) in [6.45, 7) is 2.32. The Morgan fingerprint density at radius 3 is 2.62 bits per heavy atom. The van der Waals surface area contributed by atoms with E-state index >= 15 is 0 Å². The van der Waals surface area contributed by atoms with Crippen molar-refractivity contribution in [3.8, 4) is 6.07 Å². The Morgan fingerprint density at radius 1 is 1.14 bits per heavy atom. The summed E-state index contributed by atoms with van der Waals surface area (Å²) >= 11 is 0. The maximum Gasteiger partial charge on any atom is 0.141 e. The molecule has 2 aliphatic carbocycles. The van der Waals surface area contributed by atoms with E-state index in [2.05, 4.69) is 6.92 Å². The predicted molar refractivity (Wildman–Crippen MR) is 82.3 cm³/mol. The van der Waals surface area contributed by atoms with Crippen molar-refractivity contribution in [3.05, 3.63) is 35.1 Å². The second-order valence-electron chi connectivity index (χ2n) is 6.97. The van der Waals surface area contributed by atoms with Gasteiger partial charge in [0.05, 0.1) is 5.56 Å². The van der Waals surface area contributed by atoms with Crippen LogP contribution in [-0.2, 0) is 0 Å². The van der Waals surface area contributed by atoms with Crippen LogP contribution >= 0.6 is 0 Å². The second-order valence-corrected chi connectivity index (χ2v) is 6.97. The highest BCUT2D eigenvalue weighted by Crippen LogP contribution is 2.48. The minimum Gasteiger partial charge on any atom is -0.206 e. The number of hydrogen-bond donors (Lipinski definition) is 0. The van der Waals surface area contributed by atoms with Crippen molar-refractivity contribution in [2.24, 2.45) is 17.8 Å². The van der Waals surface area contributed by atoms with Gasteiger partial charge in [-0.15, -0.1) is 0 Å². The van der Waals surface area contributed by atoms with E-state index in [1.54, 1.807) is 12.1 Å². The molecular weight excluding hydrogens is 261 g/mol. The summed E-state index contributed by atoms with van der Waals surface area (Å²) < 4.78 is 13.8. The van der Waals surface area contributed by atoms with Gasteiger partial charge in [0.15, 0.2) is 0 Å².